The van der Waals surface area contributed by atoms with Crippen LogP contribution in [0.4, 0.5) is 45.8 Å². The summed E-state index contributed by atoms with van der Waals surface area (Å²) in [5, 5.41) is 10.6. The van der Waals surface area contributed by atoms with Crippen molar-refractivity contribution in [1.82, 2.24) is 15.0 Å². The van der Waals surface area contributed by atoms with Crippen molar-refractivity contribution in [3.05, 3.63) is 84.3 Å². The number of nitrogens with one attached hydrogen (secondary N) is 3. The van der Waals surface area contributed by atoms with Crippen molar-refractivity contribution in [2.75, 3.05) is 16.0 Å². The van der Waals surface area contributed by atoms with E-state index in [1.165, 1.54) is 41.8 Å². The highest BCUT2D eigenvalue weighted by Crippen LogP contribution is 2.34. The normalized spacial score (nSPS) is 11.1. The number of hydrogen-bond donors (Lipinski definition) is 3. The van der Waals surface area contributed by atoms with Gasteiger partial charge in [-0.1, -0.05) is 18.7 Å². The Morgan fingerprint density at radius 1 is 1.06 bits per heavy atom. The van der Waals surface area contributed by atoms with Crippen molar-refractivity contribution in [2.45, 2.75) is 6.18 Å². The molecule has 12 heteroatoms. The molecule has 0 aliphatic heterocycles. The predicted molar refractivity (Wildman–Crippen MR) is 126 cm³/mol. The molecule has 0 fully saturated rings. The number of aromatic nitrogens is 3. The molecular weight excluding hydrogens is 484 g/mol. The summed E-state index contributed by atoms with van der Waals surface area (Å²) in [7, 11) is 0. The third-order valence-electron chi connectivity index (χ3n) is 4.64. The molecule has 0 saturated carbocycles. The minimum absolute atomic E-state index is 0.0288. The molecule has 0 saturated heterocycles. The number of thiazole rings is 1. The molecule has 178 valence electrons. The molecule has 2 aromatic carbocycles. The van der Waals surface area contributed by atoms with Crippen LogP contribution in [0.3, 0.4) is 0 Å². The molecule has 2 heterocycles. The highest BCUT2D eigenvalue weighted by atomic mass is 32.1. The van der Waals surface area contributed by atoms with Crippen molar-refractivity contribution in [3.8, 4) is 11.1 Å². The average Bonchev–Trinajstić information content (AvgIpc) is 3.34. The molecule has 1 amide bonds. The van der Waals surface area contributed by atoms with Gasteiger partial charge in [-0.05, 0) is 42.0 Å². The van der Waals surface area contributed by atoms with E-state index in [4.69, 9.17) is 0 Å². The number of carbonyl (C=O) groups excluding carboxylic acids is 1. The number of hydrogen-bond acceptors (Lipinski definition) is 7. The first-order chi connectivity index (χ1) is 16.7. The van der Waals surface area contributed by atoms with Gasteiger partial charge in [0, 0.05) is 29.0 Å². The van der Waals surface area contributed by atoms with Crippen molar-refractivity contribution in [2.24, 2.45) is 0 Å². The molecule has 0 aliphatic carbocycles. The fourth-order valence-electron chi connectivity index (χ4n) is 2.99. The van der Waals surface area contributed by atoms with Crippen LogP contribution in [-0.2, 0) is 11.0 Å². The first kappa shape index (κ1) is 23.8. The first-order valence-electron chi connectivity index (χ1n) is 9.94. The Hall–Kier alpha value is -4.32. The molecule has 3 N–H and O–H groups in total. The van der Waals surface area contributed by atoms with Crippen LogP contribution < -0.4 is 16.0 Å². The lowest BCUT2D eigenvalue weighted by atomic mass is 10.1. The highest BCUT2D eigenvalue weighted by molar-refractivity contribution is 7.13. The Labute approximate surface area is 200 Å². The summed E-state index contributed by atoms with van der Waals surface area (Å²) in [6.45, 7) is 3.37. The first-order valence-corrected chi connectivity index (χ1v) is 10.8. The van der Waals surface area contributed by atoms with Crippen LogP contribution in [0.15, 0.2) is 72.9 Å². The van der Waals surface area contributed by atoms with Crippen LogP contribution in [0.1, 0.15) is 5.56 Å². The molecule has 0 aliphatic rings. The molecule has 0 unspecified atom stereocenters. The summed E-state index contributed by atoms with van der Waals surface area (Å²) in [4.78, 5) is 24.3. The second kappa shape index (κ2) is 9.89. The highest BCUT2D eigenvalue weighted by Gasteiger charge is 2.30. The van der Waals surface area contributed by atoms with Crippen LogP contribution in [0.25, 0.3) is 11.1 Å². The van der Waals surface area contributed by atoms with Gasteiger partial charge in [-0.15, -0.1) is 11.3 Å². The predicted octanol–water partition coefficient (Wildman–Crippen LogP) is 6.37. The summed E-state index contributed by atoms with van der Waals surface area (Å²) in [6.07, 6.45) is -0.437. The van der Waals surface area contributed by atoms with E-state index < -0.39 is 23.5 Å². The van der Waals surface area contributed by atoms with Crippen LogP contribution in [0.2, 0.25) is 0 Å². The molecular formula is C23H16F4N6OS. The summed E-state index contributed by atoms with van der Waals surface area (Å²) < 4.78 is 53.6. The molecule has 7 nitrogen and oxygen atoms in total. The topological polar surface area (TPSA) is 91.8 Å². The summed E-state index contributed by atoms with van der Waals surface area (Å²) in [5.41, 5.74) is 0.153. The zero-order chi connectivity index (χ0) is 25.0. The van der Waals surface area contributed by atoms with E-state index in [9.17, 15) is 22.4 Å². The zero-order valence-electron chi connectivity index (χ0n) is 17.7. The Morgan fingerprint density at radius 3 is 2.49 bits per heavy atom. The van der Waals surface area contributed by atoms with Gasteiger partial charge >= 0.3 is 6.18 Å². The molecule has 0 radical (unpaired) electrons. The summed E-state index contributed by atoms with van der Waals surface area (Å²) in [6, 6.07) is 8.29. The van der Waals surface area contributed by atoms with E-state index in [0.29, 0.717) is 21.9 Å². The third-order valence-corrected chi connectivity index (χ3v) is 5.32. The minimum Gasteiger partial charge on any atom is -0.337 e. The SMILES string of the molecule is C=CC(=O)Nc1ccc(F)c(Nc2nc(Nc3nccs3)ncc2-c2ccc(C(F)(F)F)cc2)c1. The summed E-state index contributed by atoms with van der Waals surface area (Å²) >= 11 is 1.31. The molecule has 4 rings (SSSR count). The molecule has 35 heavy (non-hydrogen) atoms. The van der Waals surface area contributed by atoms with Crippen LogP contribution >= 0.6 is 11.3 Å². The lowest BCUT2D eigenvalue weighted by Gasteiger charge is -2.15. The maximum Gasteiger partial charge on any atom is 0.416 e. The number of carbonyl (C=O) groups is 1. The maximum absolute atomic E-state index is 14.6. The van der Waals surface area contributed by atoms with Gasteiger partial charge in [-0.25, -0.2) is 14.4 Å². The fraction of sp³-hybridized carbons (Fsp3) is 0.0435. The number of amides is 1. The van der Waals surface area contributed by atoms with E-state index in [1.807, 2.05) is 0 Å². The van der Waals surface area contributed by atoms with Gasteiger partial charge in [0.05, 0.1) is 11.3 Å². The number of nitrogens with zero attached hydrogens (tertiary/aromatic N) is 3. The Balaban J connectivity index is 1.73. The lowest BCUT2D eigenvalue weighted by Crippen LogP contribution is -2.08. The number of benzene rings is 2. The molecule has 0 atom stereocenters. The Morgan fingerprint density at radius 2 is 1.83 bits per heavy atom. The van der Waals surface area contributed by atoms with Gasteiger partial charge in [0.15, 0.2) is 5.13 Å². The minimum atomic E-state index is -4.49. The second-order valence-electron chi connectivity index (χ2n) is 7.01. The largest absolute Gasteiger partial charge is 0.416 e. The maximum atomic E-state index is 14.6. The van der Waals surface area contributed by atoms with Crippen molar-refractivity contribution < 1.29 is 22.4 Å². The van der Waals surface area contributed by atoms with E-state index in [-0.39, 0.29) is 17.5 Å². The van der Waals surface area contributed by atoms with Gasteiger partial charge in [0.25, 0.3) is 0 Å². The number of alkyl halides is 3. The van der Waals surface area contributed by atoms with Gasteiger partial charge < -0.3 is 10.6 Å². The van der Waals surface area contributed by atoms with Gasteiger partial charge in [-0.3, -0.25) is 10.1 Å². The fourth-order valence-corrected chi connectivity index (χ4v) is 3.51. The van der Waals surface area contributed by atoms with E-state index >= 15 is 0 Å². The van der Waals surface area contributed by atoms with Crippen molar-refractivity contribution in [3.63, 3.8) is 0 Å². The standard InChI is InChI=1S/C23H16F4N6OS/c1-2-19(34)30-15-7-8-17(24)18(11-15)31-20-16(13-3-5-14(6-4-13)23(25,26)27)12-29-21(32-20)33-22-28-9-10-35-22/h2-12H,1H2,(H,30,34)(H2,28,29,31,32,33). The summed E-state index contributed by atoms with van der Waals surface area (Å²) in [5.74, 6) is -0.877. The quantitative estimate of drug-likeness (QED) is 0.202. The average molecular weight is 500 g/mol. The van der Waals surface area contributed by atoms with Crippen LogP contribution in [0, 0.1) is 5.82 Å². The van der Waals surface area contributed by atoms with E-state index in [2.05, 4.69) is 37.5 Å². The second-order valence-corrected chi connectivity index (χ2v) is 7.90. The van der Waals surface area contributed by atoms with Crippen LogP contribution in [-0.4, -0.2) is 20.9 Å². The van der Waals surface area contributed by atoms with Crippen molar-refractivity contribution in [1.29, 1.82) is 0 Å². The zero-order valence-corrected chi connectivity index (χ0v) is 18.5. The monoisotopic (exact) mass is 500 g/mol. The molecule has 0 bridgehead atoms. The van der Waals surface area contributed by atoms with Crippen molar-refractivity contribution >= 4 is 45.5 Å². The molecule has 4 aromatic rings. The Kier molecular flexibility index (Phi) is 6.73. The number of anilines is 5. The third kappa shape index (κ3) is 5.79. The van der Waals surface area contributed by atoms with Crippen LogP contribution in [0.5, 0.6) is 0 Å². The Bertz CT molecular complexity index is 1360. The lowest BCUT2D eigenvalue weighted by molar-refractivity contribution is -0.137. The smallest absolute Gasteiger partial charge is 0.337 e. The van der Waals surface area contributed by atoms with E-state index in [1.54, 1.807) is 11.6 Å². The van der Waals surface area contributed by atoms with Gasteiger partial charge in [-0.2, -0.15) is 18.2 Å². The number of rotatable bonds is 7. The molecule has 0 spiro atoms. The number of halogens is 4. The van der Waals surface area contributed by atoms with Gasteiger partial charge in [0.2, 0.25) is 11.9 Å². The molecule has 2 aromatic heterocycles. The van der Waals surface area contributed by atoms with E-state index in [0.717, 1.165) is 24.3 Å². The van der Waals surface area contributed by atoms with Gasteiger partial charge in [0.1, 0.15) is 11.6 Å².